The summed E-state index contributed by atoms with van der Waals surface area (Å²) in [4.78, 5) is 39.1. The number of hydrogen-bond donors (Lipinski definition) is 0. The third kappa shape index (κ3) is 5.52. The summed E-state index contributed by atoms with van der Waals surface area (Å²) in [5.41, 5.74) is 1.79. The van der Waals surface area contributed by atoms with Gasteiger partial charge < -0.3 is 9.47 Å². The van der Waals surface area contributed by atoms with Crippen molar-refractivity contribution in [2.45, 2.75) is 6.54 Å². The summed E-state index contributed by atoms with van der Waals surface area (Å²) in [6, 6.07) is 18.7. The number of rotatable bonds is 6. The zero-order valence-corrected chi connectivity index (χ0v) is 20.9. The van der Waals surface area contributed by atoms with Gasteiger partial charge in [-0.15, -0.1) is 0 Å². The molecule has 0 saturated carbocycles. The van der Waals surface area contributed by atoms with E-state index in [0.717, 1.165) is 21.8 Å². The molecule has 0 aromatic heterocycles. The van der Waals surface area contributed by atoms with Gasteiger partial charge in [-0.05, 0) is 77.5 Å². The smallest absolute Gasteiger partial charge is 0.343 e. The fourth-order valence-corrected chi connectivity index (χ4v) is 4.47. The molecule has 0 N–H and O–H groups in total. The number of carbonyl (C=O) groups excluding carboxylic acids is 3. The number of ether oxygens (including phenoxy) is 2. The summed E-state index contributed by atoms with van der Waals surface area (Å²) in [5, 5.41) is -0.139. The van der Waals surface area contributed by atoms with Gasteiger partial charge in [0.05, 0.1) is 29.1 Å². The quantitative estimate of drug-likeness (QED) is 0.194. The van der Waals surface area contributed by atoms with Crippen molar-refractivity contribution in [2.75, 3.05) is 7.11 Å². The van der Waals surface area contributed by atoms with E-state index in [2.05, 4.69) is 15.9 Å². The van der Waals surface area contributed by atoms with Crippen LogP contribution in [0.2, 0.25) is 5.02 Å². The highest BCUT2D eigenvalue weighted by atomic mass is 79.9. The van der Waals surface area contributed by atoms with Gasteiger partial charge in [-0.3, -0.25) is 14.5 Å². The molecule has 2 amide bonds. The Labute approximate surface area is 213 Å². The number of thioether (sulfide) groups is 1. The van der Waals surface area contributed by atoms with Crippen LogP contribution in [0.3, 0.4) is 0 Å². The van der Waals surface area contributed by atoms with Crippen LogP contribution in [0.25, 0.3) is 6.08 Å². The normalized spacial score (nSPS) is 14.6. The van der Waals surface area contributed by atoms with Crippen molar-refractivity contribution in [2.24, 2.45) is 0 Å². The van der Waals surface area contributed by atoms with Gasteiger partial charge in [0.2, 0.25) is 0 Å². The number of amides is 2. The van der Waals surface area contributed by atoms with Gasteiger partial charge in [0, 0.05) is 4.47 Å². The number of imide groups is 1. The molecular formula is C25H17BrClNO5S. The number of nitrogens with zero attached hydrogens (tertiary/aromatic N) is 1. The van der Waals surface area contributed by atoms with Gasteiger partial charge in [-0.25, -0.2) is 4.79 Å². The summed E-state index contributed by atoms with van der Waals surface area (Å²) in [6.45, 7) is 0.191. The molecule has 0 aliphatic carbocycles. The lowest BCUT2D eigenvalue weighted by Crippen LogP contribution is -2.27. The van der Waals surface area contributed by atoms with E-state index in [4.69, 9.17) is 21.1 Å². The highest BCUT2D eigenvalue weighted by Crippen LogP contribution is 2.35. The van der Waals surface area contributed by atoms with Crippen LogP contribution in [-0.4, -0.2) is 29.1 Å². The first-order valence-corrected chi connectivity index (χ1v) is 12.0. The molecular weight excluding hydrogens is 542 g/mol. The molecule has 172 valence electrons. The van der Waals surface area contributed by atoms with Crippen LogP contribution in [0.1, 0.15) is 21.5 Å². The van der Waals surface area contributed by atoms with Gasteiger partial charge >= 0.3 is 5.97 Å². The van der Waals surface area contributed by atoms with Crippen molar-refractivity contribution < 1.29 is 23.9 Å². The van der Waals surface area contributed by atoms with Crippen LogP contribution in [-0.2, 0) is 11.3 Å². The molecule has 9 heteroatoms. The summed E-state index contributed by atoms with van der Waals surface area (Å²) in [7, 11) is 1.54. The fraction of sp³-hybridized carbons (Fsp3) is 0.0800. The van der Waals surface area contributed by atoms with Crippen molar-refractivity contribution in [3.63, 3.8) is 0 Å². The third-order valence-corrected chi connectivity index (χ3v) is 6.64. The molecule has 1 heterocycles. The molecule has 0 unspecified atom stereocenters. The number of halogens is 2. The van der Waals surface area contributed by atoms with Gasteiger partial charge in [-0.1, -0.05) is 45.7 Å². The zero-order valence-electron chi connectivity index (χ0n) is 17.8. The Morgan fingerprint density at radius 3 is 2.41 bits per heavy atom. The molecule has 0 atom stereocenters. The van der Waals surface area contributed by atoms with E-state index in [1.54, 1.807) is 48.5 Å². The minimum absolute atomic E-state index is 0.183. The first-order valence-electron chi connectivity index (χ1n) is 9.99. The molecule has 0 bridgehead atoms. The van der Waals surface area contributed by atoms with E-state index in [0.29, 0.717) is 21.8 Å². The number of esters is 1. The van der Waals surface area contributed by atoms with E-state index < -0.39 is 5.97 Å². The number of hydrogen-bond acceptors (Lipinski definition) is 6. The van der Waals surface area contributed by atoms with Crippen molar-refractivity contribution in [1.82, 2.24) is 4.90 Å². The predicted octanol–water partition coefficient (Wildman–Crippen LogP) is 6.57. The van der Waals surface area contributed by atoms with Crippen LogP contribution in [0.4, 0.5) is 4.79 Å². The molecule has 0 radical (unpaired) electrons. The number of methoxy groups -OCH3 is 1. The molecule has 1 fully saturated rings. The number of benzene rings is 3. The lowest BCUT2D eigenvalue weighted by Gasteiger charge is -2.12. The SMILES string of the molecule is COc1ccc(C(=O)Oc2ccc(/C=C3\SC(=O)N(Cc4ccc(Br)cc4)C3=O)cc2Cl)cc1. The monoisotopic (exact) mass is 557 g/mol. The first kappa shape index (κ1) is 24.1. The van der Waals surface area contributed by atoms with Crippen LogP contribution >= 0.6 is 39.3 Å². The molecule has 1 aliphatic heterocycles. The summed E-state index contributed by atoms with van der Waals surface area (Å²) in [6.07, 6.45) is 1.59. The van der Waals surface area contributed by atoms with E-state index in [1.165, 1.54) is 12.0 Å². The molecule has 1 aliphatic rings. The molecule has 6 nitrogen and oxygen atoms in total. The Bertz CT molecular complexity index is 1290. The van der Waals surface area contributed by atoms with Crippen LogP contribution in [0, 0.1) is 0 Å². The average Bonchev–Trinajstić information content (AvgIpc) is 3.09. The second-order valence-electron chi connectivity index (χ2n) is 7.20. The summed E-state index contributed by atoms with van der Waals surface area (Å²) in [5.74, 6) is -0.126. The molecule has 34 heavy (non-hydrogen) atoms. The lowest BCUT2D eigenvalue weighted by atomic mass is 10.2. The van der Waals surface area contributed by atoms with Crippen LogP contribution < -0.4 is 9.47 Å². The molecule has 4 rings (SSSR count). The standard InChI is InChI=1S/C25H17BrClNO5S/c1-32-19-9-5-17(6-10-19)24(30)33-21-11-4-16(12-20(21)27)13-22-23(29)28(25(31)34-22)14-15-2-7-18(26)8-3-15/h2-13H,14H2,1H3/b22-13-. The fourth-order valence-electron chi connectivity index (χ4n) is 3.14. The lowest BCUT2D eigenvalue weighted by molar-refractivity contribution is -0.123. The van der Waals surface area contributed by atoms with Gasteiger partial charge in [0.25, 0.3) is 11.1 Å². The maximum absolute atomic E-state index is 12.8. The van der Waals surface area contributed by atoms with Crippen molar-refractivity contribution in [3.8, 4) is 11.5 Å². The van der Waals surface area contributed by atoms with Crippen molar-refractivity contribution in [3.05, 3.63) is 97.8 Å². The van der Waals surface area contributed by atoms with Crippen LogP contribution in [0.15, 0.2) is 76.1 Å². The highest BCUT2D eigenvalue weighted by molar-refractivity contribution is 9.10. The van der Waals surface area contributed by atoms with Crippen LogP contribution in [0.5, 0.6) is 11.5 Å². The maximum Gasteiger partial charge on any atom is 0.343 e. The van der Waals surface area contributed by atoms with Gasteiger partial charge in [0.15, 0.2) is 0 Å². The second kappa shape index (κ2) is 10.5. The minimum atomic E-state index is -0.564. The highest BCUT2D eigenvalue weighted by Gasteiger charge is 2.35. The Kier molecular flexibility index (Phi) is 7.41. The zero-order chi connectivity index (χ0) is 24.2. The van der Waals surface area contributed by atoms with E-state index >= 15 is 0 Å². The van der Waals surface area contributed by atoms with Gasteiger partial charge in [-0.2, -0.15) is 0 Å². The van der Waals surface area contributed by atoms with Gasteiger partial charge in [0.1, 0.15) is 11.5 Å². The van der Waals surface area contributed by atoms with Crippen molar-refractivity contribution in [1.29, 1.82) is 0 Å². The number of carbonyl (C=O) groups is 3. The topological polar surface area (TPSA) is 72.9 Å². The Hall–Kier alpha value is -3.07. The van der Waals surface area contributed by atoms with E-state index in [1.807, 2.05) is 24.3 Å². The van der Waals surface area contributed by atoms with Crippen molar-refractivity contribution >= 4 is 62.5 Å². The Morgan fingerprint density at radius 2 is 1.76 bits per heavy atom. The van der Waals surface area contributed by atoms with E-state index in [-0.39, 0.29) is 28.5 Å². The Balaban J connectivity index is 1.46. The Morgan fingerprint density at radius 1 is 1.06 bits per heavy atom. The molecule has 3 aromatic rings. The summed E-state index contributed by atoms with van der Waals surface area (Å²) >= 11 is 10.5. The van der Waals surface area contributed by atoms with E-state index in [9.17, 15) is 14.4 Å². The molecule has 1 saturated heterocycles. The molecule has 0 spiro atoms. The first-order chi connectivity index (χ1) is 16.3. The average molecular weight is 559 g/mol. The summed E-state index contributed by atoms with van der Waals surface area (Å²) < 4.78 is 11.4. The maximum atomic E-state index is 12.8. The third-order valence-electron chi connectivity index (χ3n) is 4.91. The second-order valence-corrected chi connectivity index (χ2v) is 9.52. The minimum Gasteiger partial charge on any atom is -0.497 e. The largest absolute Gasteiger partial charge is 0.497 e. The predicted molar refractivity (Wildman–Crippen MR) is 135 cm³/mol. The molecule has 3 aromatic carbocycles.